The smallest absolute Gasteiger partial charge is 0.397 e. The number of fused-ring (bicyclic) bond motifs is 4. The van der Waals surface area contributed by atoms with E-state index in [1.54, 1.807) is 73.9 Å². The summed E-state index contributed by atoms with van der Waals surface area (Å²) in [6.45, 7) is 3.57. The molecule has 5 aliphatic rings. The monoisotopic (exact) mass is 1460 g/mol. The molecule has 5 aliphatic heterocycles. The number of nitrogen functional groups attached to an aromatic ring is 2. The van der Waals surface area contributed by atoms with Crippen LogP contribution < -0.4 is 21.7 Å². The number of halogens is 15. The first-order valence-corrected chi connectivity index (χ1v) is 28.6. The summed E-state index contributed by atoms with van der Waals surface area (Å²) in [5.41, 5.74) is 12.3. The summed E-state index contributed by atoms with van der Waals surface area (Å²) in [5, 5.41) is 11.4. The summed E-state index contributed by atoms with van der Waals surface area (Å²) in [6.07, 6.45) is -18.2. The van der Waals surface area contributed by atoms with Gasteiger partial charge >= 0.3 is 24.7 Å². The maximum Gasteiger partial charge on any atom is 0.436 e. The number of nitrogens with zero attached hydrogens (tertiary/aromatic N) is 7. The molecule has 0 aliphatic carbocycles. The van der Waals surface area contributed by atoms with Gasteiger partial charge in [0.1, 0.15) is 5.69 Å². The number of rotatable bonds is 5. The Balaban J connectivity index is 0.000000170. The van der Waals surface area contributed by atoms with Crippen LogP contribution in [0.3, 0.4) is 0 Å². The largest absolute Gasteiger partial charge is 0.436 e. The fourth-order valence-electron chi connectivity index (χ4n) is 9.02. The van der Waals surface area contributed by atoms with Crippen molar-refractivity contribution in [3.63, 3.8) is 0 Å². The molecule has 31 heteroatoms. The van der Waals surface area contributed by atoms with Crippen LogP contribution >= 0.6 is 47.8 Å². The SMILES string of the molecule is CNC(=O)c1ccc(N2CCN(Cc3ccc4c(c3)CC(=O)C(C(F)(F)F)=N4)CC2)cn1.Nc1ccc(Br)cc1N.O=C1Cc2cc(Br)ccc2N=C1C(F)(F)F.O=C1Cc2cc(CO)ccc2N=C1C(F)(F)F.O=C1Cc2ccc(Br)cc2N=C1C(F)(F)F. The van der Waals surface area contributed by atoms with Gasteiger partial charge in [0.05, 0.1) is 52.6 Å². The van der Waals surface area contributed by atoms with Crippen molar-refractivity contribution in [2.24, 2.45) is 20.0 Å². The Labute approximate surface area is 528 Å². The van der Waals surface area contributed by atoms with Gasteiger partial charge in [-0.25, -0.2) is 25.0 Å². The minimum atomic E-state index is -4.73. The number of Topliss-reactive ketones (excluding diaryl/α,β-unsaturated/α-hetero) is 4. The van der Waals surface area contributed by atoms with E-state index in [1.165, 1.54) is 30.3 Å². The number of anilines is 3. The van der Waals surface area contributed by atoms with Crippen LogP contribution in [0.15, 0.2) is 143 Å². The number of piperazine rings is 1. The van der Waals surface area contributed by atoms with E-state index in [0.29, 0.717) is 60.4 Å². The predicted molar refractivity (Wildman–Crippen MR) is 323 cm³/mol. The van der Waals surface area contributed by atoms with Crippen LogP contribution in [0, 0.1) is 0 Å². The Morgan fingerprint density at radius 2 is 0.911 bits per heavy atom. The average Bonchev–Trinajstić information content (AvgIpc) is 0.849. The molecule has 0 radical (unpaired) electrons. The first-order chi connectivity index (χ1) is 42.1. The molecule has 1 amide bonds. The van der Waals surface area contributed by atoms with Crippen molar-refractivity contribution in [3.05, 3.63) is 162 Å². The molecule has 0 saturated carbocycles. The van der Waals surface area contributed by atoms with Crippen molar-refractivity contribution in [1.82, 2.24) is 15.2 Å². The minimum absolute atomic E-state index is 0.133. The quantitative estimate of drug-likeness (QED) is 0.0935. The van der Waals surface area contributed by atoms with Crippen LogP contribution in [0.1, 0.15) is 43.9 Å². The number of hydrogen-bond donors (Lipinski definition) is 4. The van der Waals surface area contributed by atoms with Gasteiger partial charge in [0.15, 0.2) is 46.0 Å². The van der Waals surface area contributed by atoms with Crippen molar-refractivity contribution in [3.8, 4) is 0 Å². The van der Waals surface area contributed by atoms with E-state index in [4.69, 9.17) is 16.6 Å². The zero-order chi connectivity index (χ0) is 66.2. The van der Waals surface area contributed by atoms with Gasteiger partial charge in [-0.2, -0.15) is 52.7 Å². The molecule has 11 rings (SSSR count). The molecule has 6 aromatic rings. The number of carbonyl (C=O) groups is 5. The zero-order valence-corrected chi connectivity index (χ0v) is 51.2. The molecule has 6 N–H and O–H groups in total. The van der Waals surface area contributed by atoms with Gasteiger partial charge in [0.2, 0.25) is 0 Å². The molecule has 0 bridgehead atoms. The summed E-state index contributed by atoms with van der Waals surface area (Å²) < 4.78 is 153. The summed E-state index contributed by atoms with van der Waals surface area (Å²) in [6, 6.07) is 27.8. The number of aliphatic imine (C=N–C) groups is 4. The summed E-state index contributed by atoms with van der Waals surface area (Å²) in [5.74, 6) is -4.24. The van der Waals surface area contributed by atoms with E-state index >= 15 is 0 Å². The molecule has 0 atom stereocenters. The fraction of sp³-hybridized carbons (Fsp3) is 0.254. The number of benzene rings is 5. The van der Waals surface area contributed by atoms with Crippen molar-refractivity contribution in [2.75, 3.05) is 49.6 Å². The molecule has 0 unspecified atom stereocenters. The summed E-state index contributed by atoms with van der Waals surface area (Å²) >= 11 is 9.58. The predicted octanol–water partition coefficient (Wildman–Crippen LogP) is 12.5. The standard InChI is InChI=1S/C22H22F3N5O2.C11H8F3NO2.2C10H5BrF3NO.C6H7BrN2/c1-26-21(32)18-5-3-16(12-27-18)30-8-6-29(7-9-30)13-14-2-4-17-15(10-14)11-19(31)20(28-17)22(23,24)25;12-11(13,14)10-9(17)4-7-3-6(5-16)1-2-8(7)15-10;11-6-1-2-7-5(3-6)4-8(16)9(15-7)10(12,13)14;11-6-2-1-5-3-8(16)9(10(12,13)14)15-7(5)4-6;7-4-1-2-5(8)6(9)3-4/h2-5,10,12H,6-9,11,13H2,1H3,(H,26,32);1-3,16H,4-5H2;1-3H,4H2;1-2,4H,3H2;1-3H,8-9H2. The molecule has 90 heavy (non-hydrogen) atoms. The number of aliphatic hydroxyl groups excluding tert-OH is 1. The van der Waals surface area contributed by atoms with Gasteiger partial charge in [0.25, 0.3) is 5.91 Å². The lowest BCUT2D eigenvalue weighted by molar-refractivity contribution is -0.118. The average molecular weight is 1460 g/mol. The van der Waals surface area contributed by atoms with Gasteiger partial charge in [-0.05, 0) is 106 Å². The third kappa shape index (κ3) is 18.3. The van der Waals surface area contributed by atoms with Crippen molar-refractivity contribution < 1.29 is 81.8 Å². The van der Waals surface area contributed by atoms with Crippen molar-refractivity contribution in [2.45, 2.75) is 63.5 Å². The number of hydrogen-bond acceptors (Lipinski definition) is 15. The Hall–Kier alpha value is -8.00. The number of amides is 1. The molecule has 6 heterocycles. The van der Waals surface area contributed by atoms with Crippen LogP contribution in [-0.2, 0) is 58.0 Å². The van der Waals surface area contributed by atoms with E-state index in [1.807, 2.05) is 12.1 Å². The number of carbonyl (C=O) groups excluding carboxylic acids is 5. The van der Waals surface area contributed by atoms with Crippen LogP contribution in [-0.4, -0.2) is 125 Å². The molecular formula is C59H47Br3F12N10O6. The summed E-state index contributed by atoms with van der Waals surface area (Å²) in [7, 11) is 1.56. The lowest BCUT2D eigenvalue weighted by Gasteiger charge is -2.36. The van der Waals surface area contributed by atoms with Gasteiger partial charge in [-0.1, -0.05) is 78.1 Å². The van der Waals surface area contributed by atoms with E-state index in [2.05, 4.69) is 87.9 Å². The van der Waals surface area contributed by atoms with Gasteiger partial charge in [-0.3, -0.25) is 28.9 Å². The molecule has 16 nitrogen and oxygen atoms in total. The number of nitrogens with one attached hydrogen (secondary N) is 1. The lowest BCUT2D eigenvalue weighted by Crippen LogP contribution is -2.46. The number of nitrogens with two attached hydrogens (primary N) is 2. The van der Waals surface area contributed by atoms with Crippen LogP contribution in [0.25, 0.3) is 0 Å². The molecule has 1 fully saturated rings. The highest BCUT2D eigenvalue weighted by molar-refractivity contribution is 9.11. The number of alkyl halides is 12. The van der Waals surface area contributed by atoms with E-state index < -0.39 is 70.7 Å². The second kappa shape index (κ2) is 28.9. The molecule has 1 saturated heterocycles. The number of aromatic nitrogens is 1. The highest BCUT2D eigenvalue weighted by atomic mass is 79.9. The Kier molecular flexibility index (Phi) is 22.3. The number of ketones is 4. The Morgan fingerprint density at radius 3 is 1.36 bits per heavy atom. The summed E-state index contributed by atoms with van der Waals surface area (Å²) in [4.78, 5) is 79.5. The first kappa shape index (κ1) is 69.5. The zero-order valence-electron chi connectivity index (χ0n) is 46.4. The van der Waals surface area contributed by atoms with Crippen LogP contribution in [0.2, 0.25) is 0 Å². The highest BCUT2D eigenvalue weighted by Crippen LogP contribution is 2.36. The van der Waals surface area contributed by atoms with Crippen LogP contribution in [0.4, 0.5) is 92.5 Å². The van der Waals surface area contributed by atoms with E-state index in [0.717, 1.165) is 41.9 Å². The Morgan fingerprint density at radius 1 is 0.500 bits per heavy atom. The molecular weight excluding hydrogens is 1410 g/mol. The van der Waals surface area contributed by atoms with Crippen LogP contribution in [0.5, 0.6) is 0 Å². The molecule has 1 aromatic heterocycles. The maximum atomic E-state index is 12.9. The van der Waals surface area contributed by atoms with Crippen molar-refractivity contribution >= 4 is 139 Å². The Bertz CT molecular complexity index is 3880. The highest BCUT2D eigenvalue weighted by Gasteiger charge is 2.45. The first-order valence-electron chi connectivity index (χ1n) is 26.2. The molecule has 5 aromatic carbocycles. The second-order valence-electron chi connectivity index (χ2n) is 19.9. The van der Waals surface area contributed by atoms with Crippen molar-refractivity contribution in [1.29, 1.82) is 0 Å². The third-order valence-corrected chi connectivity index (χ3v) is 14.9. The number of aliphatic hydroxyl groups is 1. The maximum absolute atomic E-state index is 12.9. The topological polar surface area (TPSA) is 238 Å². The fourth-order valence-corrected chi connectivity index (χ4v) is 10.2. The van der Waals surface area contributed by atoms with E-state index in [-0.39, 0.29) is 60.9 Å². The normalized spacial score (nSPS) is 15.5. The lowest BCUT2D eigenvalue weighted by atomic mass is 9.98. The van der Waals surface area contributed by atoms with Gasteiger partial charge < -0.3 is 26.8 Å². The van der Waals surface area contributed by atoms with E-state index in [9.17, 15) is 76.7 Å². The van der Waals surface area contributed by atoms with Gasteiger partial charge in [-0.15, -0.1) is 0 Å². The second-order valence-corrected chi connectivity index (χ2v) is 22.6. The van der Waals surface area contributed by atoms with Gasteiger partial charge in [0, 0.05) is 78.9 Å². The minimum Gasteiger partial charge on any atom is -0.397 e. The number of pyridine rings is 1. The molecule has 0 spiro atoms. The molecule has 474 valence electrons. The third-order valence-electron chi connectivity index (χ3n) is 13.4.